The van der Waals surface area contributed by atoms with Gasteiger partial charge in [-0.2, -0.15) is 0 Å². The minimum absolute atomic E-state index is 0.115. The molecule has 36 heavy (non-hydrogen) atoms. The number of amides is 2. The molecule has 0 aliphatic heterocycles. The molecule has 0 aliphatic rings. The third-order valence-corrected chi connectivity index (χ3v) is 7.36. The van der Waals surface area contributed by atoms with Gasteiger partial charge >= 0.3 is 0 Å². The van der Waals surface area contributed by atoms with E-state index in [1.807, 2.05) is 38.1 Å². The average molecular weight is 536 g/mol. The summed E-state index contributed by atoms with van der Waals surface area (Å²) in [6.07, 6.45) is 3.89. The summed E-state index contributed by atoms with van der Waals surface area (Å²) in [5.74, 6) is -0.343. The van der Waals surface area contributed by atoms with E-state index in [0.29, 0.717) is 36.6 Å². The van der Waals surface area contributed by atoms with Crippen molar-refractivity contribution in [3.63, 3.8) is 0 Å². The van der Waals surface area contributed by atoms with Gasteiger partial charge in [0.05, 0.1) is 11.9 Å². The Morgan fingerprint density at radius 3 is 2.33 bits per heavy atom. The largest absolute Gasteiger partial charge is 0.354 e. The number of aryl methyl sites for hydroxylation is 1. The fraction of sp³-hybridized carbons (Fsp3) is 0.481. The molecule has 2 rings (SSSR count). The van der Waals surface area contributed by atoms with Crippen LogP contribution in [0.15, 0.2) is 48.5 Å². The summed E-state index contributed by atoms with van der Waals surface area (Å²) in [4.78, 5) is 28.0. The highest BCUT2D eigenvalue weighted by molar-refractivity contribution is 7.92. The van der Waals surface area contributed by atoms with Crippen LogP contribution in [0, 0.1) is 6.92 Å². The fourth-order valence-corrected chi connectivity index (χ4v) is 5.14. The monoisotopic (exact) mass is 535 g/mol. The first-order valence-corrected chi connectivity index (χ1v) is 14.7. The van der Waals surface area contributed by atoms with Gasteiger partial charge in [0.15, 0.2) is 0 Å². The zero-order valence-corrected chi connectivity index (χ0v) is 23.2. The Hall–Kier alpha value is -2.58. The van der Waals surface area contributed by atoms with E-state index in [0.717, 1.165) is 30.2 Å². The molecule has 7 nitrogen and oxygen atoms in total. The molecule has 0 aromatic heterocycles. The number of benzene rings is 2. The summed E-state index contributed by atoms with van der Waals surface area (Å²) in [6.45, 7) is 6.97. The second-order valence-electron chi connectivity index (χ2n) is 8.99. The summed E-state index contributed by atoms with van der Waals surface area (Å²) in [6, 6.07) is 13.8. The predicted molar refractivity (Wildman–Crippen MR) is 147 cm³/mol. The molecule has 2 aromatic rings. The SMILES string of the molecule is CCCCNC(=O)[C@@H](CC)N(Cc1cccc(C)c1)C(=O)CCCN(c1ccc(Cl)cc1)S(C)(=O)=O. The zero-order chi connectivity index (χ0) is 26.7. The molecule has 198 valence electrons. The van der Waals surface area contributed by atoms with Crippen LogP contribution in [0.2, 0.25) is 5.02 Å². The highest BCUT2D eigenvalue weighted by Gasteiger charge is 2.28. The summed E-state index contributed by atoms with van der Waals surface area (Å²) in [5.41, 5.74) is 2.52. The zero-order valence-electron chi connectivity index (χ0n) is 21.7. The molecule has 0 bridgehead atoms. The van der Waals surface area contributed by atoms with Crippen molar-refractivity contribution >= 4 is 39.1 Å². The van der Waals surface area contributed by atoms with E-state index < -0.39 is 16.1 Å². The third-order valence-electron chi connectivity index (χ3n) is 5.92. The topological polar surface area (TPSA) is 86.8 Å². The van der Waals surface area contributed by atoms with E-state index in [2.05, 4.69) is 12.2 Å². The molecular formula is C27H38ClN3O4S. The lowest BCUT2D eigenvalue weighted by Gasteiger charge is -2.31. The molecule has 0 heterocycles. The van der Waals surface area contributed by atoms with Crippen LogP contribution in [-0.4, -0.2) is 50.5 Å². The minimum atomic E-state index is -3.55. The van der Waals surface area contributed by atoms with Gasteiger partial charge in [0.1, 0.15) is 6.04 Å². The number of nitrogens with zero attached hydrogens (tertiary/aromatic N) is 2. The second kappa shape index (κ2) is 14.2. The van der Waals surface area contributed by atoms with Gasteiger partial charge < -0.3 is 10.2 Å². The van der Waals surface area contributed by atoms with Gasteiger partial charge in [0.2, 0.25) is 21.8 Å². The van der Waals surface area contributed by atoms with Crippen molar-refractivity contribution in [2.24, 2.45) is 0 Å². The van der Waals surface area contributed by atoms with Gasteiger partial charge in [0.25, 0.3) is 0 Å². The van der Waals surface area contributed by atoms with Gasteiger partial charge in [-0.15, -0.1) is 0 Å². The lowest BCUT2D eigenvalue weighted by Crippen LogP contribution is -2.49. The number of rotatable bonds is 14. The Morgan fingerprint density at radius 2 is 1.75 bits per heavy atom. The van der Waals surface area contributed by atoms with E-state index in [9.17, 15) is 18.0 Å². The Bertz CT molecular complexity index is 1110. The molecule has 1 N–H and O–H groups in total. The first-order chi connectivity index (χ1) is 17.1. The van der Waals surface area contributed by atoms with Crippen LogP contribution < -0.4 is 9.62 Å². The first kappa shape index (κ1) is 29.6. The van der Waals surface area contributed by atoms with Gasteiger partial charge in [-0.25, -0.2) is 8.42 Å². The Balaban J connectivity index is 2.19. The summed E-state index contributed by atoms with van der Waals surface area (Å²) in [7, 11) is -3.55. The molecule has 0 saturated heterocycles. The number of unbranched alkanes of at least 4 members (excludes halogenated alkanes) is 1. The van der Waals surface area contributed by atoms with Crippen LogP contribution in [0.25, 0.3) is 0 Å². The number of carbonyl (C=O) groups excluding carboxylic acids is 2. The number of nitrogens with one attached hydrogen (secondary N) is 1. The van der Waals surface area contributed by atoms with Crippen molar-refractivity contribution in [2.45, 2.75) is 65.5 Å². The second-order valence-corrected chi connectivity index (χ2v) is 11.3. The molecule has 0 aliphatic carbocycles. The predicted octanol–water partition coefficient (Wildman–Crippen LogP) is 4.92. The molecule has 0 radical (unpaired) electrons. The van der Waals surface area contributed by atoms with E-state index >= 15 is 0 Å². The fourth-order valence-electron chi connectivity index (χ4n) is 4.04. The van der Waals surface area contributed by atoms with Crippen molar-refractivity contribution in [3.05, 3.63) is 64.7 Å². The highest BCUT2D eigenvalue weighted by atomic mass is 35.5. The van der Waals surface area contributed by atoms with E-state index in [-0.39, 0.29) is 24.8 Å². The summed E-state index contributed by atoms with van der Waals surface area (Å²) in [5, 5.41) is 3.47. The number of carbonyl (C=O) groups is 2. The van der Waals surface area contributed by atoms with Crippen LogP contribution in [-0.2, 0) is 26.2 Å². The summed E-state index contributed by atoms with van der Waals surface area (Å²) < 4.78 is 26.1. The third kappa shape index (κ3) is 9.13. The number of anilines is 1. The molecule has 0 unspecified atom stereocenters. The molecule has 0 saturated carbocycles. The van der Waals surface area contributed by atoms with Crippen molar-refractivity contribution < 1.29 is 18.0 Å². The number of hydrogen-bond donors (Lipinski definition) is 1. The lowest BCUT2D eigenvalue weighted by atomic mass is 10.1. The Labute approximate surface area is 220 Å². The minimum Gasteiger partial charge on any atom is -0.354 e. The van der Waals surface area contributed by atoms with Gasteiger partial charge in [-0.1, -0.05) is 61.7 Å². The Kier molecular flexibility index (Phi) is 11.7. The normalized spacial score (nSPS) is 12.1. The maximum Gasteiger partial charge on any atom is 0.242 e. The standard InChI is InChI=1S/C27H38ClN3O4S/c1-5-7-17-29-27(33)25(6-2)30(20-22-11-8-10-21(3)19-22)26(32)12-9-18-31(36(4,34)35)24-15-13-23(28)14-16-24/h8,10-11,13-16,19,25H,5-7,9,12,17-18,20H2,1-4H3,(H,29,33)/t25-/m1/s1. The average Bonchev–Trinajstić information content (AvgIpc) is 2.82. The molecule has 1 atom stereocenters. The molecule has 0 fully saturated rings. The van der Waals surface area contributed by atoms with Crippen LogP contribution in [0.1, 0.15) is 57.1 Å². The van der Waals surface area contributed by atoms with Gasteiger partial charge in [-0.3, -0.25) is 13.9 Å². The quantitative estimate of drug-likeness (QED) is 0.348. The van der Waals surface area contributed by atoms with E-state index in [1.165, 1.54) is 4.31 Å². The lowest BCUT2D eigenvalue weighted by molar-refractivity contribution is -0.141. The molecule has 0 spiro atoms. The highest BCUT2D eigenvalue weighted by Crippen LogP contribution is 2.22. The van der Waals surface area contributed by atoms with Gasteiger partial charge in [-0.05, 0) is 56.0 Å². The van der Waals surface area contributed by atoms with Gasteiger partial charge in [0, 0.05) is 31.1 Å². The smallest absolute Gasteiger partial charge is 0.242 e. The van der Waals surface area contributed by atoms with Crippen LogP contribution in [0.4, 0.5) is 5.69 Å². The Morgan fingerprint density at radius 1 is 1.06 bits per heavy atom. The van der Waals surface area contributed by atoms with Crippen LogP contribution in [0.3, 0.4) is 0 Å². The van der Waals surface area contributed by atoms with Crippen molar-refractivity contribution in [3.8, 4) is 0 Å². The number of halogens is 1. The summed E-state index contributed by atoms with van der Waals surface area (Å²) >= 11 is 5.95. The van der Waals surface area contributed by atoms with E-state index in [1.54, 1.807) is 29.2 Å². The first-order valence-electron chi connectivity index (χ1n) is 12.4. The number of sulfonamides is 1. The molecule has 2 amide bonds. The van der Waals surface area contributed by atoms with Crippen molar-refractivity contribution in [1.82, 2.24) is 10.2 Å². The maximum absolute atomic E-state index is 13.4. The molecule has 9 heteroatoms. The maximum atomic E-state index is 13.4. The van der Waals surface area contributed by atoms with Crippen molar-refractivity contribution in [2.75, 3.05) is 23.7 Å². The van der Waals surface area contributed by atoms with Crippen LogP contribution >= 0.6 is 11.6 Å². The molecule has 2 aromatic carbocycles. The number of hydrogen-bond acceptors (Lipinski definition) is 4. The van der Waals surface area contributed by atoms with E-state index in [4.69, 9.17) is 11.6 Å². The van der Waals surface area contributed by atoms with Crippen molar-refractivity contribution in [1.29, 1.82) is 0 Å². The molecular weight excluding hydrogens is 498 g/mol. The van der Waals surface area contributed by atoms with Crippen LogP contribution in [0.5, 0.6) is 0 Å².